The molecule has 0 radical (unpaired) electrons. The summed E-state index contributed by atoms with van der Waals surface area (Å²) in [6.07, 6.45) is 4.47. The number of aromatic nitrogens is 1. The van der Waals surface area contributed by atoms with E-state index in [9.17, 15) is 0 Å². The molecule has 4 heteroatoms. The van der Waals surface area contributed by atoms with Crippen molar-refractivity contribution in [3.63, 3.8) is 0 Å². The van der Waals surface area contributed by atoms with Gasteiger partial charge in [0.2, 0.25) is 0 Å². The standard InChI is InChI=1S/C12H18N4/c13-12-2-1-11(9-14-12)16-8-7-15-5-3-10(16)4-6-15/h1-2,9-10H,3-8H2,(H2,13,14). The molecule has 4 rings (SSSR count). The Hall–Kier alpha value is -1.29. The van der Waals surface area contributed by atoms with E-state index in [0.29, 0.717) is 11.9 Å². The fourth-order valence-corrected chi connectivity index (χ4v) is 2.79. The zero-order valence-corrected chi connectivity index (χ0v) is 9.47. The molecule has 4 nitrogen and oxygen atoms in total. The first-order valence-corrected chi connectivity index (χ1v) is 6.03. The molecular weight excluding hydrogens is 200 g/mol. The second kappa shape index (κ2) is 3.94. The minimum absolute atomic E-state index is 0.603. The summed E-state index contributed by atoms with van der Waals surface area (Å²) < 4.78 is 0. The molecule has 1 aromatic rings. The van der Waals surface area contributed by atoms with Gasteiger partial charge in [-0.1, -0.05) is 0 Å². The molecule has 3 aliphatic rings. The van der Waals surface area contributed by atoms with Crippen LogP contribution in [0.3, 0.4) is 0 Å². The lowest BCUT2D eigenvalue weighted by Gasteiger charge is -2.32. The SMILES string of the molecule is Nc1ccc(N2CCN3CCC2CC3)cn1. The lowest BCUT2D eigenvalue weighted by atomic mass is 10.0. The van der Waals surface area contributed by atoms with Gasteiger partial charge in [0.1, 0.15) is 5.82 Å². The Morgan fingerprint density at radius 3 is 2.62 bits per heavy atom. The molecule has 4 heterocycles. The van der Waals surface area contributed by atoms with Crippen LogP contribution in [-0.2, 0) is 0 Å². The van der Waals surface area contributed by atoms with Crippen LogP contribution in [0.5, 0.6) is 0 Å². The summed E-state index contributed by atoms with van der Waals surface area (Å²) >= 11 is 0. The lowest BCUT2D eigenvalue weighted by Crippen LogP contribution is -2.37. The summed E-state index contributed by atoms with van der Waals surface area (Å²) in [5.74, 6) is 0.603. The van der Waals surface area contributed by atoms with Gasteiger partial charge in [-0.15, -0.1) is 0 Å². The summed E-state index contributed by atoms with van der Waals surface area (Å²) in [5, 5.41) is 0. The molecule has 86 valence electrons. The fraction of sp³-hybridized carbons (Fsp3) is 0.583. The van der Waals surface area contributed by atoms with Crippen molar-refractivity contribution in [1.29, 1.82) is 0 Å². The van der Waals surface area contributed by atoms with Gasteiger partial charge in [0.15, 0.2) is 0 Å². The first-order chi connectivity index (χ1) is 7.83. The Morgan fingerprint density at radius 1 is 1.12 bits per heavy atom. The minimum atomic E-state index is 0.603. The molecule has 0 spiro atoms. The third-order valence-corrected chi connectivity index (χ3v) is 3.76. The smallest absolute Gasteiger partial charge is 0.123 e. The number of hydrogen-bond acceptors (Lipinski definition) is 4. The topological polar surface area (TPSA) is 45.4 Å². The van der Waals surface area contributed by atoms with Crippen LogP contribution in [0.15, 0.2) is 18.3 Å². The van der Waals surface area contributed by atoms with Crippen molar-refractivity contribution in [2.45, 2.75) is 18.9 Å². The molecule has 2 N–H and O–H groups in total. The summed E-state index contributed by atoms with van der Waals surface area (Å²) in [5.41, 5.74) is 6.85. The third-order valence-electron chi connectivity index (χ3n) is 3.76. The van der Waals surface area contributed by atoms with Gasteiger partial charge in [-0.3, -0.25) is 0 Å². The lowest BCUT2D eigenvalue weighted by molar-refractivity contribution is 0.250. The maximum Gasteiger partial charge on any atom is 0.123 e. The highest BCUT2D eigenvalue weighted by Gasteiger charge is 2.28. The van der Waals surface area contributed by atoms with E-state index < -0.39 is 0 Å². The molecule has 0 saturated carbocycles. The van der Waals surface area contributed by atoms with Gasteiger partial charge in [-0.2, -0.15) is 0 Å². The number of nitrogen functional groups attached to an aromatic ring is 1. The van der Waals surface area contributed by atoms with Gasteiger partial charge in [0, 0.05) is 32.2 Å². The molecule has 16 heavy (non-hydrogen) atoms. The van der Waals surface area contributed by atoms with Crippen LogP contribution in [0.4, 0.5) is 11.5 Å². The zero-order valence-electron chi connectivity index (χ0n) is 9.47. The van der Waals surface area contributed by atoms with Gasteiger partial charge < -0.3 is 15.5 Å². The first kappa shape index (κ1) is 9.90. The van der Waals surface area contributed by atoms with Crippen LogP contribution in [0, 0.1) is 0 Å². The second-order valence-corrected chi connectivity index (χ2v) is 4.71. The maximum absolute atomic E-state index is 5.62. The highest BCUT2D eigenvalue weighted by molar-refractivity contribution is 5.49. The quantitative estimate of drug-likeness (QED) is 0.762. The van der Waals surface area contributed by atoms with Crippen molar-refractivity contribution in [3.05, 3.63) is 18.3 Å². The van der Waals surface area contributed by atoms with E-state index in [1.54, 1.807) is 0 Å². The molecule has 1 aromatic heterocycles. The van der Waals surface area contributed by atoms with Crippen LogP contribution in [0.25, 0.3) is 0 Å². The number of piperidine rings is 1. The van der Waals surface area contributed by atoms with E-state index in [-0.39, 0.29) is 0 Å². The fourth-order valence-electron chi connectivity index (χ4n) is 2.79. The van der Waals surface area contributed by atoms with E-state index in [4.69, 9.17) is 5.73 Å². The van der Waals surface area contributed by atoms with Crippen LogP contribution >= 0.6 is 0 Å². The van der Waals surface area contributed by atoms with Crippen LogP contribution in [-0.4, -0.2) is 42.1 Å². The molecule has 0 atom stereocenters. The number of pyridine rings is 1. The molecule has 3 fully saturated rings. The Kier molecular flexibility index (Phi) is 2.44. The van der Waals surface area contributed by atoms with Gasteiger partial charge in [-0.25, -0.2) is 4.98 Å². The Morgan fingerprint density at radius 2 is 1.94 bits per heavy atom. The largest absolute Gasteiger partial charge is 0.384 e. The van der Waals surface area contributed by atoms with Crippen molar-refractivity contribution in [2.75, 3.05) is 36.8 Å². The summed E-state index contributed by atoms with van der Waals surface area (Å²) in [6.45, 7) is 4.81. The molecule has 0 amide bonds. The van der Waals surface area contributed by atoms with Gasteiger partial charge in [0.05, 0.1) is 11.9 Å². The van der Waals surface area contributed by atoms with Crippen LogP contribution < -0.4 is 10.6 Å². The monoisotopic (exact) mass is 218 g/mol. The molecular formula is C12H18N4. The van der Waals surface area contributed by atoms with E-state index in [1.807, 2.05) is 12.3 Å². The minimum Gasteiger partial charge on any atom is -0.384 e. The molecule has 2 bridgehead atoms. The van der Waals surface area contributed by atoms with E-state index in [1.165, 1.54) is 38.2 Å². The number of hydrogen-bond donors (Lipinski definition) is 1. The van der Waals surface area contributed by atoms with Crippen LogP contribution in [0.1, 0.15) is 12.8 Å². The van der Waals surface area contributed by atoms with Gasteiger partial charge in [-0.05, 0) is 25.0 Å². The van der Waals surface area contributed by atoms with E-state index >= 15 is 0 Å². The Balaban J connectivity index is 1.85. The van der Waals surface area contributed by atoms with Crippen molar-refractivity contribution in [2.24, 2.45) is 0 Å². The predicted molar refractivity (Wildman–Crippen MR) is 65.5 cm³/mol. The highest BCUT2D eigenvalue weighted by atomic mass is 15.3. The Labute approximate surface area is 96.1 Å². The van der Waals surface area contributed by atoms with Crippen LogP contribution in [0.2, 0.25) is 0 Å². The first-order valence-electron chi connectivity index (χ1n) is 6.03. The van der Waals surface area contributed by atoms with Gasteiger partial charge >= 0.3 is 0 Å². The number of fused-ring (bicyclic) bond motifs is 4. The molecule has 0 aromatic carbocycles. The predicted octanol–water partition coefficient (Wildman–Crippen LogP) is 0.948. The normalized spacial score (nSPS) is 29.1. The molecule has 3 aliphatic heterocycles. The van der Waals surface area contributed by atoms with Crippen molar-refractivity contribution in [3.8, 4) is 0 Å². The van der Waals surface area contributed by atoms with Crippen molar-refractivity contribution < 1.29 is 0 Å². The van der Waals surface area contributed by atoms with Crippen molar-refractivity contribution in [1.82, 2.24) is 9.88 Å². The zero-order chi connectivity index (χ0) is 11.0. The van der Waals surface area contributed by atoms with Crippen molar-refractivity contribution >= 4 is 11.5 Å². The average molecular weight is 218 g/mol. The van der Waals surface area contributed by atoms with E-state index in [0.717, 1.165) is 6.54 Å². The number of nitrogens with two attached hydrogens (primary N) is 1. The Bertz CT molecular complexity index is 354. The molecule has 0 unspecified atom stereocenters. The summed E-state index contributed by atoms with van der Waals surface area (Å²) in [7, 11) is 0. The highest BCUT2D eigenvalue weighted by Crippen LogP contribution is 2.26. The average Bonchev–Trinajstić information content (AvgIpc) is 2.64. The second-order valence-electron chi connectivity index (χ2n) is 4.71. The number of anilines is 2. The number of nitrogens with zero attached hydrogens (tertiary/aromatic N) is 3. The summed E-state index contributed by atoms with van der Waals surface area (Å²) in [6, 6.07) is 4.69. The molecule has 3 saturated heterocycles. The van der Waals surface area contributed by atoms with E-state index in [2.05, 4.69) is 20.9 Å². The maximum atomic E-state index is 5.62. The summed E-state index contributed by atoms with van der Waals surface area (Å²) in [4.78, 5) is 9.25. The van der Waals surface area contributed by atoms with Gasteiger partial charge in [0.25, 0.3) is 0 Å². The number of rotatable bonds is 1. The third kappa shape index (κ3) is 1.73. The molecule has 0 aliphatic carbocycles.